The Morgan fingerprint density at radius 3 is 2.09 bits per heavy atom. The molecule has 1 fully saturated rings. The van der Waals surface area contributed by atoms with Crippen molar-refractivity contribution in [1.82, 2.24) is 0 Å². The number of rotatable bonds is 4. The fourth-order valence-electron chi connectivity index (χ4n) is 3.27. The second kappa shape index (κ2) is 5.68. The van der Waals surface area contributed by atoms with Crippen molar-refractivity contribution in [2.24, 2.45) is 16.7 Å². The Morgan fingerprint density at radius 2 is 1.65 bits per heavy atom. The molecule has 23 heavy (non-hydrogen) atoms. The summed E-state index contributed by atoms with van der Waals surface area (Å²) in [7, 11) is 0. The van der Waals surface area contributed by atoms with E-state index in [0.717, 1.165) is 0 Å². The summed E-state index contributed by atoms with van der Waals surface area (Å²) in [6.07, 6.45) is 0.959. The highest BCUT2D eigenvalue weighted by molar-refractivity contribution is 5.95. The van der Waals surface area contributed by atoms with Gasteiger partial charge in [0.05, 0.1) is 11.0 Å². The number of aromatic carboxylic acids is 1. The summed E-state index contributed by atoms with van der Waals surface area (Å²) in [4.78, 5) is 34.9. The van der Waals surface area contributed by atoms with Crippen LogP contribution in [-0.2, 0) is 9.59 Å². The number of aliphatic carboxylic acids is 1. The van der Waals surface area contributed by atoms with Crippen molar-refractivity contribution in [2.45, 2.75) is 33.6 Å². The van der Waals surface area contributed by atoms with Crippen LogP contribution in [0.25, 0.3) is 0 Å². The van der Waals surface area contributed by atoms with Crippen molar-refractivity contribution in [2.75, 3.05) is 5.32 Å². The third-order valence-corrected chi connectivity index (χ3v) is 5.41. The predicted molar refractivity (Wildman–Crippen MR) is 84.3 cm³/mol. The van der Waals surface area contributed by atoms with E-state index in [0.29, 0.717) is 18.5 Å². The van der Waals surface area contributed by atoms with Gasteiger partial charge in [0, 0.05) is 11.6 Å². The minimum Gasteiger partial charge on any atom is -0.481 e. The van der Waals surface area contributed by atoms with Crippen molar-refractivity contribution in [3.05, 3.63) is 29.8 Å². The first kappa shape index (κ1) is 17.0. The molecule has 3 N–H and O–H groups in total. The van der Waals surface area contributed by atoms with Gasteiger partial charge >= 0.3 is 11.9 Å². The lowest BCUT2D eigenvalue weighted by molar-refractivity contribution is -0.154. The maximum absolute atomic E-state index is 12.5. The lowest BCUT2D eigenvalue weighted by Gasteiger charge is -2.37. The number of anilines is 1. The number of amides is 1. The van der Waals surface area contributed by atoms with Crippen LogP contribution in [-0.4, -0.2) is 28.1 Å². The number of carbonyl (C=O) groups excluding carboxylic acids is 1. The Hall–Kier alpha value is -2.37. The van der Waals surface area contributed by atoms with Crippen molar-refractivity contribution < 1.29 is 24.6 Å². The molecule has 2 unspecified atom stereocenters. The first-order chi connectivity index (χ1) is 10.6. The summed E-state index contributed by atoms with van der Waals surface area (Å²) in [5, 5.41) is 21.1. The van der Waals surface area contributed by atoms with Gasteiger partial charge in [0.15, 0.2) is 0 Å². The van der Waals surface area contributed by atoms with Crippen LogP contribution in [0.4, 0.5) is 5.69 Å². The summed E-state index contributed by atoms with van der Waals surface area (Å²) >= 11 is 0. The highest BCUT2D eigenvalue weighted by Gasteiger charge is 2.58. The second-order valence-corrected chi connectivity index (χ2v) is 6.82. The zero-order valence-electron chi connectivity index (χ0n) is 13.4. The molecule has 0 saturated heterocycles. The van der Waals surface area contributed by atoms with Crippen LogP contribution >= 0.6 is 0 Å². The molecule has 1 amide bonds. The molecule has 6 heteroatoms. The summed E-state index contributed by atoms with van der Waals surface area (Å²) in [6.45, 7) is 5.31. The van der Waals surface area contributed by atoms with E-state index in [1.165, 1.54) is 24.3 Å². The predicted octanol–water partition coefficient (Wildman–Crippen LogP) is 2.85. The van der Waals surface area contributed by atoms with Crippen LogP contribution in [0, 0.1) is 16.7 Å². The van der Waals surface area contributed by atoms with E-state index < -0.39 is 28.7 Å². The van der Waals surface area contributed by atoms with Crippen LogP contribution in [0.2, 0.25) is 0 Å². The molecule has 0 heterocycles. The summed E-state index contributed by atoms with van der Waals surface area (Å²) in [5.41, 5.74) is -0.978. The summed E-state index contributed by atoms with van der Waals surface area (Å²) < 4.78 is 0. The van der Waals surface area contributed by atoms with E-state index >= 15 is 0 Å². The van der Waals surface area contributed by atoms with Gasteiger partial charge in [-0.2, -0.15) is 0 Å². The standard InChI is InChI=1S/C17H21NO5/c1-16(2)12(8-9-17(16,3)15(22)23)13(19)18-11-6-4-10(5-7-11)14(20)21/h4-7,12H,8-9H2,1-3H3,(H,18,19)(H,20,21)(H,22,23). The molecule has 2 atom stereocenters. The molecular formula is C17H21NO5. The lowest BCUT2D eigenvalue weighted by atomic mass is 9.65. The largest absolute Gasteiger partial charge is 0.481 e. The van der Waals surface area contributed by atoms with Gasteiger partial charge in [-0.15, -0.1) is 0 Å². The topological polar surface area (TPSA) is 104 Å². The molecular weight excluding hydrogens is 298 g/mol. The number of carboxylic acids is 2. The quantitative estimate of drug-likeness (QED) is 0.791. The van der Waals surface area contributed by atoms with Gasteiger partial charge in [-0.25, -0.2) is 4.79 Å². The Balaban J connectivity index is 2.15. The number of hydrogen-bond acceptors (Lipinski definition) is 3. The molecule has 1 aliphatic rings. The third kappa shape index (κ3) is 2.81. The number of nitrogens with one attached hydrogen (secondary N) is 1. The van der Waals surface area contributed by atoms with Crippen LogP contribution < -0.4 is 5.32 Å². The van der Waals surface area contributed by atoms with E-state index in [1.807, 2.05) is 13.8 Å². The van der Waals surface area contributed by atoms with E-state index in [9.17, 15) is 19.5 Å². The minimum atomic E-state index is -1.03. The van der Waals surface area contributed by atoms with E-state index in [2.05, 4.69) is 5.32 Å². The Labute approximate surface area is 134 Å². The lowest BCUT2D eigenvalue weighted by Crippen LogP contribution is -2.43. The van der Waals surface area contributed by atoms with Gasteiger partial charge in [-0.1, -0.05) is 13.8 Å². The first-order valence-electron chi connectivity index (χ1n) is 7.47. The number of hydrogen-bond donors (Lipinski definition) is 3. The van der Waals surface area contributed by atoms with Crippen LogP contribution in [0.5, 0.6) is 0 Å². The Bertz CT molecular complexity index is 649. The highest BCUT2D eigenvalue weighted by Crippen LogP contribution is 2.56. The van der Waals surface area contributed by atoms with Crippen LogP contribution in [0.3, 0.4) is 0 Å². The van der Waals surface area contributed by atoms with Gasteiger partial charge < -0.3 is 15.5 Å². The summed E-state index contributed by atoms with van der Waals surface area (Å²) in [5.74, 6) is -2.56. The zero-order valence-corrected chi connectivity index (χ0v) is 13.4. The number of benzene rings is 1. The van der Waals surface area contributed by atoms with E-state index in [1.54, 1.807) is 6.92 Å². The molecule has 1 aromatic rings. The van der Waals surface area contributed by atoms with Crippen molar-refractivity contribution >= 4 is 23.5 Å². The molecule has 0 spiro atoms. The molecule has 1 saturated carbocycles. The van der Waals surface area contributed by atoms with Gasteiger partial charge in [-0.05, 0) is 49.4 Å². The Kier molecular flexibility index (Phi) is 4.20. The SMILES string of the molecule is CC1(C(=O)O)CCC(C(=O)Nc2ccc(C(=O)O)cc2)C1(C)C. The van der Waals surface area contributed by atoms with Gasteiger partial charge in [0.1, 0.15) is 0 Å². The van der Waals surface area contributed by atoms with Crippen molar-refractivity contribution in [3.63, 3.8) is 0 Å². The molecule has 2 rings (SSSR count). The molecule has 0 radical (unpaired) electrons. The fourth-order valence-corrected chi connectivity index (χ4v) is 3.27. The third-order valence-electron chi connectivity index (χ3n) is 5.41. The van der Waals surface area contributed by atoms with Crippen molar-refractivity contribution in [3.8, 4) is 0 Å². The normalized spacial score (nSPS) is 25.8. The van der Waals surface area contributed by atoms with Crippen LogP contribution in [0.1, 0.15) is 44.0 Å². The number of carbonyl (C=O) groups is 3. The fraction of sp³-hybridized carbons (Fsp3) is 0.471. The molecule has 6 nitrogen and oxygen atoms in total. The molecule has 1 aromatic carbocycles. The average Bonchev–Trinajstić information content (AvgIpc) is 2.71. The monoisotopic (exact) mass is 319 g/mol. The molecule has 0 aromatic heterocycles. The van der Waals surface area contributed by atoms with E-state index in [4.69, 9.17) is 5.11 Å². The molecule has 1 aliphatic carbocycles. The molecule has 0 bridgehead atoms. The van der Waals surface area contributed by atoms with Gasteiger partial charge in [0.25, 0.3) is 0 Å². The molecule has 0 aliphatic heterocycles. The number of carboxylic acid groups (broad SMARTS) is 2. The maximum atomic E-state index is 12.5. The van der Waals surface area contributed by atoms with Gasteiger partial charge in [-0.3, -0.25) is 9.59 Å². The smallest absolute Gasteiger partial charge is 0.335 e. The van der Waals surface area contributed by atoms with Crippen LogP contribution in [0.15, 0.2) is 24.3 Å². The minimum absolute atomic E-state index is 0.141. The maximum Gasteiger partial charge on any atom is 0.335 e. The summed E-state index contributed by atoms with van der Waals surface area (Å²) in [6, 6.07) is 5.89. The highest BCUT2D eigenvalue weighted by atomic mass is 16.4. The van der Waals surface area contributed by atoms with Gasteiger partial charge in [0.2, 0.25) is 5.91 Å². The Morgan fingerprint density at radius 1 is 1.09 bits per heavy atom. The second-order valence-electron chi connectivity index (χ2n) is 6.82. The van der Waals surface area contributed by atoms with E-state index in [-0.39, 0.29) is 11.5 Å². The first-order valence-corrected chi connectivity index (χ1v) is 7.47. The zero-order chi connectivity index (χ0) is 17.4. The molecule has 124 valence electrons. The average molecular weight is 319 g/mol. The van der Waals surface area contributed by atoms with Crippen molar-refractivity contribution in [1.29, 1.82) is 0 Å².